The van der Waals surface area contributed by atoms with E-state index in [1.165, 1.54) is 0 Å². The lowest BCUT2D eigenvalue weighted by Gasteiger charge is -2.07. The first-order valence-corrected chi connectivity index (χ1v) is 5.85. The monoisotopic (exact) mass is 247 g/mol. The second-order valence-electron chi connectivity index (χ2n) is 3.77. The fourth-order valence-corrected chi connectivity index (χ4v) is 1.78. The summed E-state index contributed by atoms with van der Waals surface area (Å²) in [6, 6.07) is 15.3. The zero-order valence-corrected chi connectivity index (χ0v) is 10.2. The number of para-hydroxylation sites is 1. The molecule has 0 aliphatic heterocycles. The van der Waals surface area contributed by atoms with Crippen LogP contribution in [0.2, 0.25) is 5.02 Å². The van der Waals surface area contributed by atoms with Gasteiger partial charge < -0.3 is 10.5 Å². The van der Waals surface area contributed by atoms with Crippen molar-refractivity contribution in [3.63, 3.8) is 0 Å². The van der Waals surface area contributed by atoms with Crippen molar-refractivity contribution in [3.8, 4) is 5.75 Å². The number of hydrogen-bond donors (Lipinski definition) is 1. The van der Waals surface area contributed by atoms with Crippen molar-refractivity contribution in [2.75, 3.05) is 12.3 Å². The molecule has 2 rings (SSSR count). The van der Waals surface area contributed by atoms with Crippen LogP contribution in [0.1, 0.15) is 5.56 Å². The van der Waals surface area contributed by atoms with E-state index in [2.05, 4.69) is 0 Å². The van der Waals surface area contributed by atoms with Gasteiger partial charge in [-0.1, -0.05) is 35.9 Å². The Hall–Kier alpha value is -1.67. The van der Waals surface area contributed by atoms with Gasteiger partial charge in [0.05, 0.1) is 11.6 Å². The van der Waals surface area contributed by atoms with Gasteiger partial charge in [0.2, 0.25) is 0 Å². The quantitative estimate of drug-likeness (QED) is 0.839. The molecule has 2 aromatic rings. The fraction of sp³-hybridized carbons (Fsp3) is 0.143. The summed E-state index contributed by atoms with van der Waals surface area (Å²) in [5, 5.41) is 0.639. The minimum absolute atomic E-state index is 0.590. The van der Waals surface area contributed by atoms with E-state index in [1.807, 2.05) is 48.5 Å². The van der Waals surface area contributed by atoms with Crippen LogP contribution >= 0.6 is 11.6 Å². The van der Waals surface area contributed by atoms with E-state index in [-0.39, 0.29) is 0 Å². The standard InChI is InChI=1S/C14H14ClNO/c15-13-6-1-2-7-14(13)17-9-8-11-4-3-5-12(16)10-11/h1-7,10H,8-9,16H2. The average molecular weight is 248 g/mol. The SMILES string of the molecule is Nc1cccc(CCOc2ccccc2Cl)c1. The van der Waals surface area contributed by atoms with Crippen LogP contribution in [0.3, 0.4) is 0 Å². The predicted octanol–water partition coefficient (Wildman–Crippen LogP) is 3.54. The van der Waals surface area contributed by atoms with Crippen LogP contribution in [-0.4, -0.2) is 6.61 Å². The molecule has 3 heteroatoms. The van der Waals surface area contributed by atoms with Crippen LogP contribution in [0.25, 0.3) is 0 Å². The van der Waals surface area contributed by atoms with Crippen molar-refractivity contribution < 1.29 is 4.74 Å². The van der Waals surface area contributed by atoms with Gasteiger partial charge in [0.25, 0.3) is 0 Å². The third-order valence-electron chi connectivity index (χ3n) is 2.44. The van der Waals surface area contributed by atoms with Gasteiger partial charge >= 0.3 is 0 Å². The number of halogens is 1. The Labute approximate surface area is 106 Å². The minimum Gasteiger partial charge on any atom is -0.492 e. The van der Waals surface area contributed by atoms with E-state index >= 15 is 0 Å². The van der Waals surface area contributed by atoms with Gasteiger partial charge in [-0.05, 0) is 29.8 Å². The molecule has 2 aromatic carbocycles. The Morgan fingerprint density at radius 3 is 2.65 bits per heavy atom. The molecule has 0 spiro atoms. The highest BCUT2D eigenvalue weighted by atomic mass is 35.5. The summed E-state index contributed by atoms with van der Waals surface area (Å²) in [6.07, 6.45) is 0.816. The molecule has 0 bridgehead atoms. The molecule has 0 atom stereocenters. The zero-order chi connectivity index (χ0) is 12.1. The first kappa shape index (κ1) is 11.8. The Bertz CT molecular complexity index is 499. The summed E-state index contributed by atoms with van der Waals surface area (Å²) in [6.45, 7) is 0.590. The normalized spacial score (nSPS) is 10.2. The van der Waals surface area contributed by atoms with E-state index in [0.29, 0.717) is 11.6 Å². The van der Waals surface area contributed by atoms with Crippen molar-refractivity contribution >= 4 is 17.3 Å². The maximum absolute atomic E-state index is 5.99. The lowest BCUT2D eigenvalue weighted by Crippen LogP contribution is -2.02. The smallest absolute Gasteiger partial charge is 0.137 e. The lowest BCUT2D eigenvalue weighted by molar-refractivity contribution is 0.322. The summed E-state index contributed by atoms with van der Waals surface area (Å²) < 4.78 is 5.61. The number of ether oxygens (including phenoxy) is 1. The van der Waals surface area contributed by atoms with Crippen molar-refractivity contribution in [3.05, 3.63) is 59.1 Å². The molecule has 0 saturated heterocycles. The van der Waals surface area contributed by atoms with Gasteiger partial charge in [-0.25, -0.2) is 0 Å². The van der Waals surface area contributed by atoms with Gasteiger partial charge in [0.15, 0.2) is 0 Å². The van der Waals surface area contributed by atoms with Crippen molar-refractivity contribution in [1.29, 1.82) is 0 Å². The Balaban J connectivity index is 1.90. The van der Waals surface area contributed by atoms with Crippen LogP contribution < -0.4 is 10.5 Å². The molecular weight excluding hydrogens is 234 g/mol. The van der Waals surface area contributed by atoms with Crippen LogP contribution in [0.15, 0.2) is 48.5 Å². The minimum atomic E-state index is 0.590. The molecule has 0 radical (unpaired) electrons. The first-order valence-electron chi connectivity index (χ1n) is 5.47. The molecular formula is C14H14ClNO. The van der Waals surface area contributed by atoms with Gasteiger partial charge in [-0.2, -0.15) is 0 Å². The highest BCUT2D eigenvalue weighted by molar-refractivity contribution is 6.32. The topological polar surface area (TPSA) is 35.2 Å². The van der Waals surface area contributed by atoms with Crippen molar-refractivity contribution in [2.24, 2.45) is 0 Å². The maximum Gasteiger partial charge on any atom is 0.137 e. The maximum atomic E-state index is 5.99. The molecule has 0 unspecified atom stereocenters. The van der Waals surface area contributed by atoms with Gasteiger partial charge in [-0.3, -0.25) is 0 Å². The Morgan fingerprint density at radius 1 is 1.06 bits per heavy atom. The van der Waals surface area contributed by atoms with Crippen LogP contribution in [-0.2, 0) is 6.42 Å². The van der Waals surface area contributed by atoms with Crippen LogP contribution in [0.5, 0.6) is 5.75 Å². The number of hydrogen-bond acceptors (Lipinski definition) is 2. The Kier molecular flexibility index (Phi) is 3.89. The zero-order valence-electron chi connectivity index (χ0n) is 9.40. The van der Waals surface area contributed by atoms with Crippen molar-refractivity contribution in [1.82, 2.24) is 0 Å². The summed E-state index contributed by atoms with van der Waals surface area (Å²) in [7, 11) is 0. The van der Waals surface area contributed by atoms with E-state index < -0.39 is 0 Å². The molecule has 0 aliphatic rings. The average Bonchev–Trinajstić information content (AvgIpc) is 2.32. The predicted molar refractivity (Wildman–Crippen MR) is 71.5 cm³/mol. The number of rotatable bonds is 4. The third kappa shape index (κ3) is 3.40. The molecule has 0 aliphatic carbocycles. The molecule has 0 heterocycles. The summed E-state index contributed by atoms with van der Waals surface area (Å²) >= 11 is 5.99. The van der Waals surface area contributed by atoms with E-state index in [1.54, 1.807) is 0 Å². The number of nitrogens with two attached hydrogens (primary N) is 1. The highest BCUT2D eigenvalue weighted by Crippen LogP contribution is 2.23. The molecule has 2 N–H and O–H groups in total. The molecule has 88 valence electrons. The summed E-state index contributed by atoms with van der Waals surface area (Å²) in [4.78, 5) is 0. The highest BCUT2D eigenvalue weighted by Gasteiger charge is 2.00. The van der Waals surface area contributed by atoms with E-state index in [9.17, 15) is 0 Å². The van der Waals surface area contributed by atoms with Crippen LogP contribution in [0, 0.1) is 0 Å². The van der Waals surface area contributed by atoms with E-state index in [4.69, 9.17) is 22.1 Å². The second-order valence-corrected chi connectivity index (χ2v) is 4.18. The summed E-state index contributed by atoms with van der Waals surface area (Å²) in [5.74, 6) is 0.720. The van der Waals surface area contributed by atoms with Crippen molar-refractivity contribution in [2.45, 2.75) is 6.42 Å². The molecule has 17 heavy (non-hydrogen) atoms. The summed E-state index contributed by atoms with van der Waals surface area (Å²) in [5.41, 5.74) is 7.65. The largest absolute Gasteiger partial charge is 0.492 e. The van der Waals surface area contributed by atoms with Gasteiger partial charge in [0.1, 0.15) is 5.75 Å². The van der Waals surface area contributed by atoms with Gasteiger partial charge in [-0.15, -0.1) is 0 Å². The number of benzene rings is 2. The number of anilines is 1. The molecule has 0 aromatic heterocycles. The van der Waals surface area contributed by atoms with Crippen LogP contribution in [0.4, 0.5) is 5.69 Å². The molecule has 0 amide bonds. The molecule has 2 nitrogen and oxygen atoms in total. The van der Waals surface area contributed by atoms with E-state index in [0.717, 1.165) is 23.4 Å². The third-order valence-corrected chi connectivity index (χ3v) is 2.75. The Morgan fingerprint density at radius 2 is 1.88 bits per heavy atom. The molecule has 0 saturated carbocycles. The lowest BCUT2D eigenvalue weighted by atomic mass is 10.1. The van der Waals surface area contributed by atoms with Gasteiger partial charge in [0, 0.05) is 12.1 Å². The first-order chi connectivity index (χ1) is 8.25. The fourth-order valence-electron chi connectivity index (χ4n) is 1.59. The number of nitrogen functional groups attached to an aromatic ring is 1. The molecule has 0 fully saturated rings. The second kappa shape index (κ2) is 5.60.